The van der Waals surface area contributed by atoms with Gasteiger partial charge in [0, 0.05) is 5.54 Å². The first kappa shape index (κ1) is 13.6. The summed E-state index contributed by atoms with van der Waals surface area (Å²) in [5.74, 6) is 0.532. The van der Waals surface area contributed by atoms with Crippen LogP contribution in [0.25, 0.3) is 0 Å². The molecule has 0 spiro atoms. The Kier molecular flexibility index (Phi) is 3.86. The third-order valence-corrected chi connectivity index (χ3v) is 3.23. The fourth-order valence-corrected chi connectivity index (χ4v) is 2.19. The van der Waals surface area contributed by atoms with E-state index in [9.17, 15) is 4.39 Å². The molecular weight excluding hydrogens is 241 g/mol. The number of halogens is 1. The van der Waals surface area contributed by atoms with Gasteiger partial charge < -0.3 is 10.5 Å². The maximum atomic E-state index is 13.3. The van der Waals surface area contributed by atoms with Crippen molar-refractivity contribution in [3.8, 4) is 5.75 Å². The zero-order valence-electron chi connectivity index (χ0n) is 11.2. The number of hydrogen-bond acceptors (Lipinski definition) is 2. The van der Waals surface area contributed by atoms with E-state index in [1.54, 1.807) is 13.2 Å². The van der Waals surface area contributed by atoms with Crippen LogP contribution in [0.2, 0.25) is 0 Å². The maximum Gasteiger partial charge on any atom is 0.123 e. The fourth-order valence-electron chi connectivity index (χ4n) is 2.19. The van der Waals surface area contributed by atoms with Crippen molar-refractivity contribution >= 4 is 0 Å². The minimum Gasteiger partial charge on any atom is -0.496 e. The fraction of sp³-hybridized carbons (Fsp3) is 0.250. The summed E-state index contributed by atoms with van der Waals surface area (Å²) in [5, 5.41) is 0. The lowest BCUT2D eigenvalue weighted by atomic mass is 9.86. The molecule has 1 unspecified atom stereocenters. The third kappa shape index (κ3) is 3.12. The molecule has 2 aromatic rings. The van der Waals surface area contributed by atoms with Crippen molar-refractivity contribution in [3.05, 3.63) is 65.5 Å². The number of nitrogens with two attached hydrogens (primary N) is 1. The third-order valence-electron chi connectivity index (χ3n) is 3.23. The van der Waals surface area contributed by atoms with Crippen LogP contribution in [-0.2, 0) is 12.0 Å². The number of methoxy groups -OCH3 is 1. The minimum absolute atomic E-state index is 0.269. The molecule has 100 valence electrons. The van der Waals surface area contributed by atoms with Gasteiger partial charge in [0.2, 0.25) is 0 Å². The van der Waals surface area contributed by atoms with E-state index in [2.05, 4.69) is 0 Å². The molecule has 0 heterocycles. The monoisotopic (exact) mass is 259 g/mol. The van der Waals surface area contributed by atoms with Gasteiger partial charge in [-0.3, -0.25) is 0 Å². The van der Waals surface area contributed by atoms with Gasteiger partial charge >= 0.3 is 0 Å². The molecule has 2 nitrogen and oxygen atoms in total. The standard InChI is InChI=1S/C16H18FNO/c1-16(18,13-7-5-8-14(17)10-13)11-12-6-3-4-9-15(12)19-2/h3-10H,11,18H2,1-2H3. The highest BCUT2D eigenvalue weighted by molar-refractivity contribution is 5.36. The van der Waals surface area contributed by atoms with E-state index in [0.717, 1.165) is 16.9 Å². The van der Waals surface area contributed by atoms with Crippen LogP contribution >= 0.6 is 0 Å². The van der Waals surface area contributed by atoms with Crippen molar-refractivity contribution < 1.29 is 9.13 Å². The summed E-state index contributed by atoms with van der Waals surface area (Å²) >= 11 is 0. The number of hydrogen-bond donors (Lipinski definition) is 1. The summed E-state index contributed by atoms with van der Waals surface area (Å²) < 4.78 is 18.6. The van der Waals surface area contributed by atoms with Crippen molar-refractivity contribution in [2.24, 2.45) is 5.73 Å². The molecule has 2 rings (SSSR count). The highest BCUT2D eigenvalue weighted by Crippen LogP contribution is 2.27. The first-order valence-corrected chi connectivity index (χ1v) is 6.20. The zero-order valence-corrected chi connectivity index (χ0v) is 11.2. The molecule has 0 aliphatic heterocycles. The van der Waals surface area contributed by atoms with Crippen LogP contribution in [-0.4, -0.2) is 7.11 Å². The first-order valence-electron chi connectivity index (χ1n) is 6.20. The van der Waals surface area contributed by atoms with E-state index in [-0.39, 0.29) is 5.82 Å². The number of rotatable bonds is 4. The molecule has 0 amide bonds. The SMILES string of the molecule is COc1ccccc1CC(C)(N)c1cccc(F)c1. The Morgan fingerprint density at radius 2 is 1.89 bits per heavy atom. The average molecular weight is 259 g/mol. The van der Waals surface area contributed by atoms with Crippen LogP contribution in [0.5, 0.6) is 5.75 Å². The van der Waals surface area contributed by atoms with Gasteiger partial charge in [0.25, 0.3) is 0 Å². The Labute approximate surface area is 113 Å². The molecule has 0 aliphatic carbocycles. The van der Waals surface area contributed by atoms with E-state index in [4.69, 9.17) is 10.5 Å². The van der Waals surface area contributed by atoms with Crippen LogP contribution in [0.15, 0.2) is 48.5 Å². The molecule has 0 aliphatic rings. The molecule has 1 atom stereocenters. The van der Waals surface area contributed by atoms with E-state index in [1.165, 1.54) is 12.1 Å². The molecule has 2 aromatic carbocycles. The molecule has 0 radical (unpaired) electrons. The highest BCUT2D eigenvalue weighted by Gasteiger charge is 2.23. The number of para-hydroxylation sites is 1. The molecular formula is C16H18FNO. The van der Waals surface area contributed by atoms with Crippen LogP contribution in [0.1, 0.15) is 18.1 Å². The Bertz CT molecular complexity index is 566. The van der Waals surface area contributed by atoms with Crippen LogP contribution in [0.3, 0.4) is 0 Å². The minimum atomic E-state index is -0.642. The van der Waals surface area contributed by atoms with Gasteiger partial charge in [-0.15, -0.1) is 0 Å². The lowest BCUT2D eigenvalue weighted by molar-refractivity contribution is 0.399. The summed E-state index contributed by atoms with van der Waals surface area (Å²) in [6, 6.07) is 14.2. The molecule has 0 saturated carbocycles. The molecule has 3 heteroatoms. The second-order valence-electron chi connectivity index (χ2n) is 4.92. The lowest BCUT2D eigenvalue weighted by Crippen LogP contribution is -2.35. The van der Waals surface area contributed by atoms with Gasteiger partial charge in [0.1, 0.15) is 11.6 Å². The first-order chi connectivity index (χ1) is 9.03. The molecule has 0 fully saturated rings. The van der Waals surface area contributed by atoms with Gasteiger partial charge in [0.15, 0.2) is 0 Å². The van der Waals surface area contributed by atoms with Crippen molar-refractivity contribution in [2.45, 2.75) is 18.9 Å². The van der Waals surface area contributed by atoms with Gasteiger partial charge in [-0.1, -0.05) is 30.3 Å². The zero-order chi connectivity index (χ0) is 13.9. The smallest absolute Gasteiger partial charge is 0.123 e. The molecule has 2 N–H and O–H groups in total. The normalized spacial score (nSPS) is 13.9. The van der Waals surface area contributed by atoms with Crippen molar-refractivity contribution in [2.75, 3.05) is 7.11 Å². The molecule has 0 aromatic heterocycles. The number of benzene rings is 2. The summed E-state index contributed by atoms with van der Waals surface area (Å²) in [5.41, 5.74) is 7.49. The molecule has 0 bridgehead atoms. The predicted octanol–water partition coefficient (Wildman–Crippen LogP) is 3.25. The van der Waals surface area contributed by atoms with Crippen molar-refractivity contribution in [3.63, 3.8) is 0 Å². The maximum absolute atomic E-state index is 13.3. The van der Waals surface area contributed by atoms with E-state index in [1.807, 2.05) is 37.3 Å². The number of ether oxygens (including phenoxy) is 1. The van der Waals surface area contributed by atoms with Gasteiger partial charge in [0.05, 0.1) is 7.11 Å². The summed E-state index contributed by atoms with van der Waals surface area (Å²) in [6.45, 7) is 1.90. The summed E-state index contributed by atoms with van der Waals surface area (Å²) in [6.07, 6.45) is 0.584. The van der Waals surface area contributed by atoms with Crippen molar-refractivity contribution in [1.82, 2.24) is 0 Å². The quantitative estimate of drug-likeness (QED) is 0.914. The Hall–Kier alpha value is -1.87. The van der Waals surface area contributed by atoms with Crippen LogP contribution < -0.4 is 10.5 Å². The summed E-state index contributed by atoms with van der Waals surface area (Å²) in [7, 11) is 1.63. The van der Waals surface area contributed by atoms with Crippen LogP contribution in [0.4, 0.5) is 4.39 Å². The lowest BCUT2D eigenvalue weighted by Gasteiger charge is -2.26. The average Bonchev–Trinajstić information content (AvgIpc) is 2.39. The van der Waals surface area contributed by atoms with E-state index < -0.39 is 5.54 Å². The van der Waals surface area contributed by atoms with E-state index in [0.29, 0.717) is 6.42 Å². The van der Waals surface area contributed by atoms with Gasteiger partial charge in [-0.25, -0.2) is 4.39 Å². The topological polar surface area (TPSA) is 35.2 Å². The second-order valence-corrected chi connectivity index (χ2v) is 4.92. The Balaban J connectivity index is 2.30. The predicted molar refractivity (Wildman–Crippen MR) is 74.6 cm³/mol. The van der Waals surface area contributed by atoms with Crippen molar-refractivity contribution in [1.29, 1.82) is 0 Å². The van der Waals surface area contributed by atoms with Crippen LogP contribution in [0, 0.1) is 5.82 Å². The molecule has 19 heavy (non-hydrogen) atoms. The Morgan fingerprint density at radius 3 is 2.58 bits per heavy atom. The largest absolute Gasteiger partial charge is 0.496 e. The second kappa shape index (κ2) is 5.41. The highest BCUT2D eigenvalue weighted by atomic mass is 19.1. The summed E-state index contributed by atoms with van der Waals surface area (Å²) in [4.78, 5) is 0. The van der Waals surface area contributed by atoms with Gasteiger partial charge in [-0.05, 0) is 42.7 Å². The van der Waals surface area contributed by atoms with Gasteiger partial charge in [-0.2, -0.15) is 0 Å². The van der Waals surface area contributed by atoms with E-state index >= 15 is 0 Å². The Morgan fingerprint density at radius 1 is 1.16 bits per heavy atom. The molecule has 0 saturated heterocycles.